The molecule has 1 atom stereocenters. The zero-order chi connectivity index (χ0) is 18.1. The van der Waals surface area contributed by atoms with Gasteiger partial charge in [0.1, 0.15) is 11.5 Å². The highest BCUT2D eigenvalue weighted by molar-refractivity contribution is 6.32. The summed E-state index contributed by atoms with van der Waals surface area (Å²) in [5.41, 5.74) is 1.44. The molecule has 3 heterocycles. The lowest BCUT2D eigenvalue weighted by Gasteiger charge is -2.15. The molecular formula is C17H22ClN7O. The van der Waals surface area contributed by atoms with Crippen LogP contribution in [-0.2, 0) is 11.3 Å². The molecule has 0 spiro atoms. The van der Waals surface area contributed by atoms with E-state index < -0.39 is 0 Å². The van der Waals surface area contributed by atoms with Crippen LogP contribution >= 0.6 is 11.6 Å². The molecule has 1 saturated carbocycles. The highest BCUT2D eigenvalue weighted by Gasteiger charge is 2.28. The van der Waals surface area contributed by atoms with E-state index in [1.165, 1.54) is 12.8 Å². The van der Waals surface area contributed by atoms with Gasteiger partial charge < -0.3 is 20.4 Å². The fourth-order valence-corrected chi connectivity index (χ4v) is 3.13. The lowest BCUT2D eigenvalue weighted by Crippen LogP contribution is -2.18. The van der Waals surface area contributed by atoms with Crippen molar-refractivity contribution in [3.63, 3.8) is 0 Å². The van der Waals surface area contributed by atoms with Crippen LogP contribution in [0.15, 0.2) is 18.5 Å². The van der Waals surface area contributed by atoms with Crippen LogP contribution in [0.1, 0.15) is 19.8 Å². The smallest absolute Gasteiger partial charge is 0.231 e. The molecule has 1 aliphatic carbocycles. The van der Waals surface area contributed by atoms with Crippen LogP contribution in [0.5, 0.6) is 0 Å². The molecule has 0 aromatic carbocycles. The number of aromatic nitrogens is 5. The van der Waals surface area contributed by atoms with Gasteiger partial charge >= 0.3 is 0 Å². The molecule has 4 rings (SSSR count). The number of nitrogens with one attached hydrogen (secondary N) is 3. The second-order valence-corrected chi connectivity index (χ2v) is 6.98. The Labute approximate surface area is 156 Å². The molecule has 1 aliphatic rings. The average Bonchev–Trinajstić information content (AvgIpc) is 3.27. The highest BCUT2D eigenvalue weighted by Crippen LogP contribution is 2.35. The van der Waals surface area contributed by atoms with Crippen molar-refractivity contribution in [3.8, 4) is 0 Å². The molecule has 3 aromatic heterocycles. The number of fused-ring (bicyclic) bond motifs is 1. The van der Waals surface area contributed by atoms with E-state index in [0.717, 1.165) is 22.8 Å². The Bertz CT molecular complexity index is 902. The third-order valence-corrected chi connectivity index (χ3v) is 4.88. The Morgan fingerprint density at radius 2 is 2.27 bits per heavy atom. The minimum atomic E-state index is 0.372. The lowest BCUT2D eigenvalue weighted by atomic mass is 10.2. The second-order valence-electron chi connectivity index (χ2n) is 6.62. The van der Waals surface area contributed by atoms with Gasteiger partial charge in [0, 0.05) is 19.3 Å². The molecular weight excluding hydrogens is 354 g/mol. The molecule has 3 N–H and O–H groups in total. The molecule has 9 heteroatoms. The molecule has 1 unspecified atom stereocenters. The van der Waals surface area contributed by atoms with Crippen molar-refractivity contribution in [3.05, 3.63) is 23.6 Å². The second kappa shape index (κ2) is 7.13. The van der Waals surface area contributed by atoms with Crippen LogP contribution in [0, 0.1) is 5.92 Å². The fraction of sp³-hybridized carbons (Fsp3) is 0.471. The van der Waals surface area contributed by atoms with Crippen molar-refractivity contribution in [1.82, 2.24) is 24.7 Å². The van der Waals surface area contributed by atoms with E-state index in [2.05, 4.69) is 37.6 Å². The number of hydrogen-bond acceptors (Lipinski definition) is 6. The summed E-state index contributed by atoms with van der Waals surface area (Å²) in [6.07, 6.45) is 6.24. The van der Waals surface area contributed by atoms with E-state index in [0.29, 0.717) is 36.0 Å². The first kappa shape index (κ1) is 17.1. The van der Waals surface area contributed by atoms with Gasteiger partial charge in [-0.1, -0.05) is 11.6 Å². The summed E-state index contributed by atoms with van der Waals surface area (Å²) in [6.45, 7) is 3.39. The third kappa shape index (κ3) is 3.61. The number of anilines is 3. The van der Waals surface area contributed by atoms with Gasteiger partial charge in [-0.3, -0.25) is 4.68 Å². The average molecular weight is 376 g/mol. The Morgan fingerprint density at radius 3 is 3.04 bits per heavy atom. The molecule has 0 radical (unpaired) electrons. The molecule has 0 saturated heterocycles. The largest absolute Gasteiger partial charge is 0.383 e. The molecule has 8 nitrogen and oxygen atoms in total. The Morgan fingerprint density at radius 1 is 1.42 bits per heavy atom. The fourth-order valence-electron chi connectivity index (χ4n) is 2.94. The Kier molecular flexibility index (Phi) is 4.69. The van der Waals surface area contributed by atoms with Gasteiger partial charge in [0.2, 0.25) is 5.95 Å². The number of nitrogens with zero attached hydrogens (tertiary/aromatic N) is 4. The van der Waals surface area contributed by atoms with Crippen molar-refractivity contribution >= 4 is 40.1 Å². The SMILES string of the molecule is COCCn1cc(Nc2nc(NC(C)C3CC3)c3cc[nH]c3n2)c(Cl)n1. The van der Waals surface area contributed by atoms with Crippen molar-refractivity contribution in [2.45, 2.75) is 32.4 Å². The summed E-state index contributed by atoms with van der Waals surface area (Å²) in [7, 11) is 1.65. The van der Waals surface area contributed by atoms with Crippen LogP contribution in [-0.4, -0.2) is 44.5 Å². The quantitative estimate of drug-likeness (QED) is 0.558. The van der Waals surface area contributed by atoms with Gasteiger partial charge in [0.25, 0.3) is 0 Å². The number of H-pyrrole nitrogens is 1. The number of rotatable bonds is 8. The van der Waals surface area contributed by atoms with Gasteiger partial charge in [-0.2, -0.15) is 15.1 Å². The maximum Gasteiger partial charge on any atom is 0.231 e. The van der Waals surface area contributed by atoms with Crippen LogP contribution in [0.25, 0.3) is 11.0 Å². The van der Waals surface area contributed by atoms with Gasteiger partial charge in [-0.05, 0) is 31.7 Å². The molecule has 3 aromatic rings. The van der Waals surface area contributed by atoms with E-state index in [1.54, 1.807) is 11.8 Å². The molecule has 26 heavy (non-hydrogen) atoms. The van der Waals surface area contributed by atoms with Gasteiger partial charge in [0.05, 0.1) is 30.4 Å². The first-order valence-electron chi connectivity index (χ1n) is 8.74. The van der Waals surface area contributed by atoms with Crippen molar-refractivity contribution < 1.29 is 4.74 Å². The van der Waals surface area contributed by atoms with E-state index in [4.69, 9.17) is 16.3 Å². The van der Waals surface area contributed by atoms with Gasteiger partial charge in [0.15, 0.2) is 5.15 Å². The highest BCUT2D eigenvalue weighted by atomic mass is 35.5. The van der Waals surface area contributed by atoms with Crippen molar-refractivity contribution in [1.29, 1.82) is 0 Å². The van der Waals surface area contributed by atoms with E-state index >= 15 is 0 Å². The van der Waals surface area contributed by atoms with Crippen LogP contribution in [0.4, 0.5) is 17.5 Å². The lowest BCUT2D eigenvalue weighted by molar-refractivity contribution is 0.183. The minimum Gasteiger partial charge on any atom is -0.383 e. The summed E-state index contributed by atoms with van der Waals surface area (Å²) in [4.78, 5) is 12.3. The number of halogens is 1. The first-order chi connectivity index (χ1) is 12.6. The van der Waals surface area contributed by atoms with Crippen LogP contribution < -0.4 is 10.6 Å². The molecule has 1 fully saturated rings. The predicted molar refractivity (Wildman–Crippen MR) is 102 cm³/mol. The maximum absolute atomic E-state index is 6.23. The van der Waals surface area contributed by atoms with E-state index in [1.807, 2.05) is 18.5 Å². The van der Waals surface area contributed by atoms with Gasteiger partial charge in [-0.25, -0.2) is 0 Å². The number of hydrogen-bond donors (Lipinski definition) is 3. The zero-order valence-corrected chi connectivity index (χ0v) is 15.5. The monoisotopic (exact) mass is 375 g/mol. The summed E-state index contributed by atoms with van der Waals surface area (Å²) in [5.74, 6) is 2.02. The predicted octanol–water partition coefficient (Wildman–Crippen LogP) is 3.41. The minimum absolute atomic E-state index is 0.372. The summed E-state index contributed by atoms with van der Waals surface area (Å²) in [6, 6.07) is 2.37. The Balaban J connectivity index is 1.59. The summed E-state index contributed by atoms with van der Waals surface area (Å²) < 4.78 is 6.80. The summed E-state index contributed by atoms with van der Waals surface area (Å²) in [5, 5.41) is 12.3. The normalized spacial score (nSPS) is 15.3. The van der Waals surface area contributed by atoms with E-state index in [9.17, 15) is 0 Å². The van der Waals surface area contributed by atoms with E-state index in [-0.39, 0.29) is 0 Å². The molecule has 0 amide bonds. The molecule has 0 bridgehead atoms. The zero-order valence-electron chi connectivity index (χ0n) is 14.8. The topological polar surface area (TPSA) is 92.7 Å². The number of ether oxygens (including phenoxy) is 1. The maximum atomic E-state index is 6.23. The third-order valence-electron chi connectivity index (χ3n) is 4.60. The van der Waals surface area contributed by atoms with Gasteiger partial charge in [-0.15, -0.1) is 0 Å². The molecule has 138 valence electrons. The first-order valence-corrected chi connectivity index (χ1v) is 9.12. The number of aromatic amines is 1. The van der Waals surface area contributed by atoms with Crippen molar-refractivity contribution in [2.24, 2.45) is 5.92 Å². The van der Waals surface area contributed by atoms with Crippen LogP contribution in [0.2, 0.25) is 5.15 Å². The van der Waals surface area contributed by atoms with Crippen LogP contribution in [0.3, 0.4) is 0 Å². The molecule has 0 aliphatic heterocycles. The Hall–Kier alpha value is -2.32. The summed E-state index contributed by atoms with van der Waals surface area (Å²) >= 11 is 6.23. The standard InChI is InChI=1S/C17H22ClN7O/c1-10(11-3-4-11)20-16-12-5-6-19-15(12)22-17(23-16)21-13-9-25(7-8-26-2)24-14(13)18/h5-6,9-11H,3-4,7-8H2,1-2H3,(H3,19,20,21,22,23). The number of methoxy groups -OCH3 is 1. The van der Waals surface area contributed by atoms with Crippen molar-refractivity contribution in [2.75, 3.05) is 24.4 Å².